The highest BCUT2D eigenvalue weighted by atomic mass is 35.5. The number of carbonyl (C=O) groups excluding carboxylic acids is 2. The molecule has 1 unspecified atom stereocenters. The molecule has 3 N–H and O–H groups in total. The zero-order chi connectivity index (χ0) is 30.9. The summed E-state index contributed by atoms with van der Waals surface area (Å²) in [5.41, 5.74) is 2.89. The number of alkyl halides is 3. The van der Waals surface area contributed by atoms with E-state index in [0.29, 0.717) is 30.4 Å². The second-order valence-electron chi connectivity index (χ2n) is 10.4. The van der Waals surface area contributed by atoms with Crippen LogP contribution in [0, 0.1) is 18.7 Å². The molecule has 4 aromatic rings. The molecule has 1 atom stereocenters. The molecule has 1 aliphatic heterocycles. The predicted molar refractivity (Wildman–Crippen MR) is 147 cm³/mol. The molecule has 0 bridgehead atoms. The van der Waals surface area contributed by atoms with Gasteiger partial charge in [0.25, 0.3) is 11.8 Å². The molecule has 1 aliphatic rings. The number of hydrogen-bond acceptors (Lipinski definition) is 7. The Morgan fingerprint density at radius 1 is 1.16 bits per heavy atom. The van der Waals surface area contributed by atoms with Crippen LogP contribution in [0.4, 0.5) is 23.2 Å². The smallest absolute Gasteiger partial charge is 0.381 e. The van der Waals surface area contributed by atoms with Gasteiger partial charge in [0.1, 0.15) is 23.0 Å². The van der Waals surface area contributed by atoms with Crippen LogP contribution in [0.1, 0.15) is 69.4 Å². The van der Waals surface area contributed by atoms with Crippen molar-refractivity contribution in [2.45, 2.75) is 51.7 Å². The lowest BCUT2D eigenvalue weighted by Crippen LogP contribution is -2.19. The summed E-state index contributed by atoms with van der Waals surface area (Å²) in [6.07, 6.45) is -0.377. The number of ether oxygens (including phenoxy) is 1. The maximum Gasteiger partial charge on any atom is 0.437 e. The van der Waals surface area contributed by atoms with Gasteiger partial charge in [0, 0.05) is 37.2 Å². The third-order valence-corrected chi connectivity index (χ3v) is 7.58. The maximum absolute atomic E-state index is 14.1. The molecule has 0 spiro atoms. The van der Waals surface area contributed by atoms with Gasteiger partial charge < -0.3 is 20.3 Å². The Hall–Kier alpha value is -4.04. The second-order valence-corrected chi connectivity index (χ2v) is 10.8. The number of anilines is 1. The van der Waals surface area contributed by atoms with Gasteiger partial charge in [-0.3, -0.25) is 14.3 Å². The Balaban J connectivity index is 1.43. The minimum absolute atomic E-state index is 0.00140. The first kappa shape index (κ1) is 30.4. The number of benzene rings is 1. The second kappa shape index (κ2) is 12.3. The Morgan fingerprint density at radius 3 is 2.70 bits per heavy atom. The minimum atomic E-state index is -4.93. The lowest BCUT2D eigenvalue weighted by molar-refractivity contribution is -0.140. The van der Waals surface area contributed by atoms with E-state index in [1.807, 2.05) is 0 Å². The van der Waals surface area contributed by atoms with Gasteiger partial charge in [0.2, 0.25) is 0 Å². The summed E-state index contributed by atoms with van der Waals surface area (Å²) < 4.78 is 68.4. The van der Waals surface area contributed by atoms with E-state index < -0.39 is 40.9 Å². The first-order valence-corrected chi connectivity index (χ1v) is 13.9. The summed E-state index contributed by atoms with van der Waals surface area (Å²) in [6.45, 7) is 2.63. The third-order valence-electron chi connectivity index (χ3n) is 7.29. The number of nitrogens with zero attached hydrogens (tertiary/aromatic N) is 4. The molecule has 3 aromatic heterocycles. The number of amides is 2. The molecular formula is C28H27ClF4N6O4. The van der Waals surface area contributed by atoms with Crippen LogP contribution in [0.15, 0.2) is 28.8 Å². The Kier molecular flexibility index (Phi) is 8.69. The molecule has 228 valence electrons. The van der Waals surface area contributed by atoms with Crippen LogP contribution < -0.4 is 11.1 Å². The molecule has 10 nitrogen and oxygen atoms in total. The number of aromatic nitrogens is 4. The van der Waals surface area contributed by atoms with E-state index >= 15 is 0 Å². The minimum Gasteiger partial charge on any atom is -0.381 e. The molecule has 0 saturated carbocycles. The van der Waals surface area contributed by atoms with E-state index in [-0.39, 0.29) is 33.7 Å². The molecule has 1 aromatic carbocycles. The number of primary amides is 1. The van der Waals surface area contributed by atoms with Crippen molar-refractivity contribution in [3.63, 3.8) is 0 Å². The van der Waals surface area contributed by atoms with Crippen LogP contribution in [0.5, 0.6) is 0 Å². The van der Waals surface area contributed by atoms with Gasteiger partial charge in [-0.2, -0.15) is 18.3 Å². The lowest BCUT2D eigenvalue weighted by Gasteiger charge is -2.18. The largest absolute Gasteiger partial charge is 0.437 e. The van der Waals surface area contributed by atoms with Gasteiger partial charge >= 0.3 is 6.18 Å². The van der Waals surface area contributed by atoms with Crippen LogP contribution in [-0.4, -0.2) is 44.9 Å². The van der Waals surface area contributed by atoms with Gasteiger partial charge in [-0.05, 0) is 44.2 Å². The first-order valence-electron chi connectivity index (χ1n) is 13.5. The standard InChI is InChI=1S/C28H27ClF4N6O4/c1-14-24(36-27(41)19-11-23(26(34)40)35-22-12-21(30)20(29)10-18(19)22)25(28(31,32)33)37-39(14)13-16-9-17(43-38-16)8-15-4-2-3-6-42-7-5-15/h9-12,15H,2-8,13H2,1H3,(H2,34,40)(H,36,41). The van der Waals surface area contributed by atoms with Crippen molar-refractivity contribution < 1.29 is 36.4 Å². The van der Waals surface area contributed by atoms with Gasteiger partial charge in [-0.1, -0.05) is 23.2 Å². The van der Waals surface area contributed by atoms with Crippen molar-refractivity contribution in [2.75, 3.05) is 18.5 Å². The zero-order valence-electron chi connectivity index (χ0n) is 22.9. The first-order chi connectivity index (χ1) is 20.4. The van der Waals surface area contributed by atoms with E-state index in [1.54, 1.807) is 6.07 Å². The Bertz CT molecular complexity index is 1680. The van der Waals surface area contributed by atoms with Crippen LogP contribution >= 0.6 is 11.6 Å². The number of nitrogens with two attached hydrogens (primary N) is 1. The third kappa shape index (κ3) is 6.80. The number of hydrogen-bond donors (Lipinski definition) is 2. The number of halogens is 5. The monoisotopic (exact) mass is 622 g/mol. The molecule has 5 rings (SSSR count). The van der Waals surface area contributed by atoms with Crippen molar-refractivity contribution in [2.24, 2.45) is 11.7 Å². The van der Waals surface area contributed by atoms with Gasteiger partial charge in [-0.25, -0.2) is 9.37 Å². The summed E-state index contributed by atoms with van der Waals surface area (Å²) in [4.78, 5) is 29.1. The molecule has 1 saturated heterocycles. The van der Waals surface area contributed by atoms with Crippen LogP contribution in [-0.2, 0) is 23.9 Å². The van der Waals surface area contributed by atoms with E-state index in [4.69, 9.17) is 26.6 Å². The van der Waals surface area contributed by atoms with Crippen molar-refractivity contribution in [3.8, 4) is 0 Å². The van der Waals surface area contributed by atoms with E-state index in [2.05, 4.69) is 20.6 Å². The summed E-state index contributed by atoms with van der Waals surface area (Å²) in [5.74, 6) is -1.99. The molecule has 1 fully saturated rings. The average Bonchev–Trinajstić information content (AvgIpc) is 3.49. The SMILES string of the molecule is Cc1c(NC(=O)c2cc(C(N)=O)nc3cc(F)c(Cl)cc23)c(C(F)(F)F)nn1Cc1cc(CC2CCCCOCC2)on1. The van der Waals surface area contributed by atoms with Crippen LogP contribution in [0.25, 0.3) is 10.9 Å². The fourth-order valence-electron chi connectivity index (χ4n) is 5.07. The molecule has 15 heteroatoms. The average molecular weight is 623 g/mol. The van der Waals surface area contributed by atoms with Crippen molar-refractivity contribution in [1.29, 1.82) is 0 Å². The van der Waals surface area contributed by atoms with Crippen molar-refractivity contribution in [3.05, 3.63) is 69.2 Å². The van der Waals surface area contributed by atoms with E-state index in [9.17, 15) is 27.2 Å². The summed E-state index contributed by atoms with van der Waals surface area (Å²) in [5, 5.41) is 9.64. The quantitative estimate of drug-likeness (QED) is 0.253. The molecule has 2 amide bonds. The lowest BCUT2D eigenvalue weighted by atomic mass is 9.93. The molecule has 0 aliphatic carbocycles. The van der Waals surface area contributed by atoms with Crippen LogP contribution in [0.2, 0.25) is 5.02 Å². The highest BCUT2D eigenvalue weighted by Gasteiger charge is 2.39. The predicted octanol–water partition coefficient (Wildman–Crippen LogP) is 5.69. The number of rotatable bonds is 7. The van der Waals surface area contributed by atoms with E-state index in [0.717, 1.165) is 55.2 Å². The van der Waals surface area contributed by atoms with Gasteiger partial charge in [0.15, 0.2) is 5.69 Å². The Labute approximate surface area is 247 Å². The Morgan fingerprint density at radius 2 is 1.95 bits per heavy atom. The highest BCUT2D eigenvalue weighted by molar-refractivity contribution is 6.31. The topological polar surface area (TPSA) is 138 Å². The number of carbonyl (C=O) groups is 2. The highest BCUT2D eigenvalue weighted by Crippen LogP contribution is 2.37. The summed E-state index contributed by atoms with van der Waals surface area (Å²) in [6, 6.07) is 4.66. The zero-order valence-corrected chi connectivity index (χ0v) is 23.7. The molecule has 4 heterocycles. The van der Waals surface area contributed by atoms with Gasteiger partial charge in [0.05, 0.1) is 34.0 Å². The number of fused-ring (bicyclic) bond motifs is 1. The normalized spacial score (nSPS) is 16.2. The fraction of sp³-hybridized carbons (Fsp3) is 0.393. The van der Waals surface area contributed by atoms with Crippen molar-refractivity contribution >= 4 is 40.0 Å². The molecule has 43 heavy (non-hydrogen) atoms. The number of nitrogens with one attached hydrogen (secondary N) is 1. The fourth-order valence-corrected chi connectivity index (χ4v) is 5.23. The maximum atomic E-state index is 14.1. The molecular weight excluding hydrogens is 596 g/mol. The number of pyridine rings is 1. The summed E-state index contributed by atoms with van der Waals surface area (Å²) in [7, 11) is 0. The van der Waals surface area contributed by atoms with Crippen LogP contribution in [0.3, 0.4) is 0 Å². The van der Waals surface area contributed by atoms with Gasteiger partial charge in [-0.15, -0.1) is 0 Å². The summed E-state index contributed by atoms with van der Waals surface area (Å²) >= 11 is 5.88. The van der Waals surface area contributed by atoms with Crippen molar-refractivity contribution in [1.82, 2.24) is 19.9 Å². The molecule has 0 radical (unpaired) electrons. The van der Waals surface area contributed by atoms with E-state index in [1.165, 1.54) is 6.92 Å².